The fraction of sp³-hybridized carbons (Fsp3) is 0.400. The van der Waals surface area contributed by atoms with E-state index in [0.717, 1.165) is 12.3 Å². The van der Waals surface area contributed by atoms with Crippen LogP contribution in [0.4, 0.5) is 13.2 Å². The Kier molecular flexibility index (Phi) is 5.23. The van der Waals surface area contributed by atoms with E-state index in [1.54, 1.807) is 13.8 Å². The number of nitrogens with zero attached hydrogens (tertiary/aromatic N) is 3. The molecule has 0 radical (unpaired) electrons. The fourth-order valence-electron chi connectivity index (χ4n) is 1.97. The van der Waals surface area contributed by atoms with Gasteiger partial charge in [-0.2, -0.15) is 18.3 Å². The van der Waals surface area contributed by atoms with Gasteiger partial charge in [0.2, 0.25) is 0 Å². The predicted octanol–water partition coefficient (Wildman–Crippen LogP) is 1.95. The van der Waals surface area contributed by atoms with Gasteiger partial charge in [-0.25, -0.2) is 9.67 Å². The topological polar surface area (TPSA) is 80.0 Å². The first kappa shape index (κ1) is 17.9. The summed E-state index contributed by atoms with van der Waals surface area (Å²) in [6.07, 6.45) is -2.41. The van der Waals surface area contributed by atoms with E-state index >= 15 is 0 Å². The van der Waals surface area contributed by atoms with Gasteiger partial charge in [-0.1, -0.05) is 6.92 Å². The van der Waals surface area contributed by atoms with Crippen LogP contribution in [0.1, 0.15) is 28.5 Å². The molecule has 0 aromatic carbocycles. The summed E-state index contributed by atoms with van der Waals surface area (Å²) < 4.78 is 39.0. The van der Waals surface area contributed by atoms with Gasteiger partial charge in [0.25, 0.3) is 5.91 Å². The van der Waals surface area contributed by atoms with E-state index in [-0.39, 0.29) is 24.2 Å². The van der Waals surface area contributed by atoms with Crippen molar-refractivity contribution in [1.29, 1.82) is 0 Å². The van der Waals surface area contributed by atoms with E-state index in [1.807, 2.05) is 0 Å². The average molecular weight is 342 g/mol. The van der Waals surface area contributed by atoms with Gasteiger partial charge in [0, 0.05) is 19.3 Å². The van der Waals surface area contributed by atoms with E-state index in [9.17, 15) is 18.0 Å². The summed E-state index contributed by atoms with van der Waals surface area (Å²) in [5.41, 5.74) is -0.106. The van der Waals surface area contributed by atoms with Crippen LogP contribution in [0.2, 0.25) is 0 Å². The van der Waals surface area contributed by atoms with Crippen LogP contribution < -0.4 is 5.32 Å². The number of aromatic nitrogens is 3. The first-order valence-corrected chi connectivity index (χ1v) is 7.21. The Morgan fingerprint density at radius 2 is 2.08 bits per heavy atom. The van der Waals surface area contributed by atoms with E-state index in [1.165, 1.54) is 16.9 Å². The van der Waals surface area contributed by atoms with Gasteiger partial charge >= 0.3 is 6.18 Å². The van der Waals surface area contributed by atoms with Crippen LogP contribution in [0.25, 0.3) is 5.82 Å². The summed E-state index contributed by atoms with van der Waals surface area (Å²) in [6.45, 7) is 3.66. The van der Waals surface area contributed by atoms with Crippen LogP contribution in [-0.2, 0) is 6.18 Å². The van der Waals surface area contributed by atoms with Crippen molar-refractivity contribution in [3.63, 3.8) is 0 Å². The largest absolute Gasteiger partial charge is 0.417 e. The van der Waals surface area contributed by atoms with E-state index in [4.69, 9.17) is 5.11 Å². The molecule has 2 aromatic rings. The Labute approximate surface area is 136 Å². The fourth-order valence-corrected chi connectivity index (χ4v) is 1.97. The summed E-state index contributed by atoms with van der Waals surface area (Å²) in [5.74, 6) is -0.268. The highest BCUT2D eigenvalue weighted by Gasteiger charge is 2.30. The predicted molar refractivity (Wildman–Crippen MR) is 79.7 cm³/mol. The number of nitrogens with one attached hydrogen (secondary N) is 1. The highest BCUT2D eigenvalue weighted by molar-refractivity contribution is 5.95. The molecule has 2 rings (SSSR count). The van der Waals surface area contributed by atoms with Crippen molar-refractivity contribution in [3.8, 4) is 5.82 Å². The van der Waals surface area contributed by atoms with Crippen molar-refractivity contribution in [2.75, 3.05) is 13.2 Å². The third-order valence-corrected chi connectivity index (χ3v) is 3.47. The quantitative estimate of drug-likeness (QED) is 0.870. The van der Waals surface area contributed by atoms with Crippen LogP contribution in [0, 0.1) is 12.8 Å². The number of amides is 1. The second kappa shape index (κ2) is 7.00. The second-order valence-electron chi connectivity index (χ2n) is 5.46. The monoisotopic (exact) mass is 342 g/mol. The molecule has 2 aromatic heterocycles. The lowest BCUT2D eigenvalue weighted by atomic mass is 10.2. The summed E-state index contributed by atoms with van der Waals surface area (Å²) >= 11 is 0. The molecule has 0 aliphatic rings. The molecule has 0 bridgehead atoms. The molecule has 0 saturated heterocycles. The van der Waals surface area contributed by atoms with Gasteiger partial charge in [0.05, 0.1) is 23.0 Å². The van der Waals surface area contributed by atoms with Gasteiger partial charge in [-0.05, 0) is 25.0 Å². The van der Waals surface area contributed by atoms with E-state index < -0.39 is 11.7 Å². The summed E-state index contributed by atoms with van der Waals surface area (Å²) in [4.78, 5) is 15.9. The van der Waals surface area contributed by atoms with Gasteiger partial charge in [0.1, 0.15) is 0 Å². The molecular weight excluding hydrogens is 325 g/mol. The van der Waals surface area contributed by atoms with Crippen molar-refractivity contribution in [2.24, 2.45) is 5.92 Å². The van der Waals surface area contributed by atoms with Gasteiger partial charge < -0.3 is 10.4 Å². The number of halogens is 3. The normalized spacial score (nSPS) is 12.9. The molecule has 9 heteroatoms. The number of hydrogen-bond donors (Lipinski definition) is 2. The maximum atomic E-state index is 12.6. The molecule has 0 saturated carbocycles. The summed E-state index contributed by atoms with van der Waals surface area (Å²) in [6, 6.07) is 2.10. The number of aliphatic hydroxyl groups is 1. The Hall–Kier alpha value is -2.42. The minimum atomic E-state index is -4.46. The first-order valence-electron chi connectivity index (χ1n) is 7.21. The van der Waals surface area contributed by atoms with Crippen molar-refractivity contribution < 1.29 is 23.1 Å². The molecule has 130 valence electrons. The Bertz CT molecular complexity index is 710. The summed E-state index contributed by atoms with van der Waals surface area (Å²) in [7, 11) is 0. The third kappa shape index (κ3) is 3.91. The van der Waals surface area contributed by atoms with Crippen LogP contribution in [0.15, 0.2) is 24.5 Å². The van der Waals surface area contributed by atoms with Crippen LogP contribution >= 0.6 is 0 Å². The highest BCUT2D eigenvalue weighted by atomic mass is 19.4. The van der Waals surface area contributed by atoms with Gasteiger partial charge in [-0.15, -0.1) is 0 Å². The molecular formula is C15H17F3N4O2. The highest BCUT2D eigenvalue weighted by Crippen LogP contribution is 2.28. The number of hydrogen-bond acceptors (Lipinski definition) is 4. The number of pyridine rings is 1. The van der Waals surface area contributed by atoms with Crippen LogP contribution in [-0.4, -0.2) is 38.9 Å². The number of aliphatic hydroxyl groups excluding tert-OH is 1. The molecule has 6 nitrogen and oxygen atoms in total. The molecule has 0 aliphatic heterocycles. The molecule has 0 fully saturated rings. The molecule has 1 atom stereocenters. The number of rotatable bonds is 5. The average Bonchev–Trinajstić information content (AvgIpc) is 2.93. The Balaban J connectivity index is 2.19. The molecule has 0 spiro atoms. The summed E-state index contributed by atoms with van der Waals surface area (Å²) in [5, 5.41) is 15.6. The smallest absolute Gasteiger partial charge is 0.396 e. The Morgan fingerprint density at radius 3 is 2.62 bits per heavy atom. The first-order chi connectivity index (χ1) is 11.2. The lowest BCUT2D eigenvalue weighted by molar-refractivity contribution is -0.137. The zero-order valence-electron chi connectivity index (χ0n) is 13.1. The van der Waals surface area contributed by atoms with E-state index in [2.05, 4.69) is 15.4 Å². The third-order valence-electron chi connectivity index (χ3n) is 3.47. The number of carbonyl (C=O) groups is 1. The molecule has 2 heterocycles. The molecule has 1 amide bonds. The molecule has 0 aliphatic carbocycles. The minimum absolute atomic E-state index is 0.0476. The molecule has 2 N–H and O–H groups in total. The maximum absolute atomic E-state index is 12.6. The van der Waals surface area contributed by atoms with Crippen LogP contribution in [0.3, 0.4) is 0 Å². The lowest BCUT2D eigenvalue weighted by Crippen LogP contribution is -2.29. The Morgan fingerprint density at radius 1 is 1.38 bits per heavy atom. The van der Waals surface area contributed by atoms with Crippen molar-refractivity contribution >= 4 is 5.91 Å². The van der Waals surface area contributed by atoms with Crippen molar-refractivity contribution in [3.05, 3.63) is 41.3 Å². The SMILES string of the molecule is Cc1c(C(=O)NCC(C)CO)cnn1-c1ccc(C(F)(F)F)cn1. The molecule has 24 heavy (non-hydrogen) atoms. The minimum Gasteiger partial charge on any atom is -0.396 e. The van der Waals surface area contributed by atoms with E-state index in [0.29, 0.717) is 17.8 Å². The van der Waals surface area contributed by atoms with Gasteiger partial charge in [-0.3, -0.25) is 4.79 Å². The maximum Gasteiger partial charge on any atom is 0.417 e. The zero-order valence-corrected chi connectivity index (χ0v) is 13.1. The second-order valence-corrected chi connectivity index (χ2v) is 5.46. The standard InChI is InChI=1S/C15H17F3N4O2/c1-9(8-23)5-20-14(24)12-7-21-22(10(12)2)13-4-3-11(6-19-13)15(16,17)18/h3-4,6-7,9,23H,5,8H2,1-2H3,(H,20,24). The van der Waals surface area contributed by atoms with Gasteiger partial charge in [0.15, 0.2) is 5.82 Å². The number of carbonyl (C=O) groups excluding carboxylic acids is 1. The zero-order chi connectivity index (χ0) is 17.9. The van der Waals surface area contributed by atoms with Crippen molar-refractivity contribution in [1.82, 2.24) is 20.1 Å². The van der Waals surface area contributed by atoms with Crippen LogP contribution in [0.5, 0.6) is 0 Å². The lowest BCUT2D eigenvalue weighted by Gasteiger charge is -2.10. The van der Waals surface area contributed by atoms with Crippen molar-refractivity contribution in [2.45, 2.75) is 20.0 Å². The number of alkyl halides is 3. The molecule has 1 unspecified atom stereocenters.